The van der Waals surface area contributed by atoms with Gasteiger partial charge in [0.15, 0.2) is 11.2 Å². The van der Waals surface area contributed by atoms with Crippen LogP contribution >= 0.6 is 0 Å². The van der Waals surface area contributed by atoms with Crippen molar-refractivity contribution in [1.82, 2.24) is 14.3 Å². The molecule has 0 radical (unpaired) electrons. The second-order valence-electron chi connectivity index (χ2n) is 7.10. The zero-order valence-corrected chi connectivity index (χ0v) is 14.1. The van der Waals surface area contributed by atoms with Gasteiger partial charge in [0.05, 0.1) is 6.04 Å². The average Bonchev–Trinajstić information content (AvgIpc) is 2.59. The minimum Gasteiger partial charge on any atom is -0.444 e. The Bertz CT molecular complexity index is 374. The SMILES string of the molecule is CC(C)(C)OC(=O)NC(CN1CCNS1=O)C(C)(C)C. The van der Waals surface area contributed by atoms with Crippen molar-refractivity contribution in [3.63, 3.8) is 0 Å². The van der Waals surface area contributed by atoms with Crippen LogP contribution in [0, 0.1) is 5.41 Å². The minimum atomic E-state index is -1.16. The summed E-state index contributed by atoms with van der Waals surface area (Å²) >= 11 is -1.16. The lowest BCUT2D eigenvalue weighted by molar-refractivity contribution is 0.0455. The largest absolute Gasteiger partial charge is 0.444 e. The Morgan fingerprint density at radius 1 is 1.35 bits per heavy atom. The Morgan fingerprint density at radius 2 is 1.95 bits per heavy atom. The number of carbonyl (C=O) groups is 1. The molecule has 0 aromatic rings. The number of alkyl carbamates (subject to hydrolysis) is 1. The van der Waals surface area contributed by atoms with E-state index in [2.05, 4.69) is 10.0 Å². The molecular weight excluding hydrogens is 278 g/mol. The van der Waals surface area contributed by atoms with E-state index in [9.17, 15) is 9.00 Å². The summed E-state index contributed by atoms with van der Waals surface area (Å²) in [7, 11) is 0. The predicted molar refractivity (Wildman–Crippen MR) is 80.3 cm³/mol. The van der Waals surface area contributed by atoms with Crippen LogP contribution in [-0.2, 0) is 15.9 Å². The van der Waals surface area contributed by atoms with Crippen molar-refractivity contribution in [2.24, 2.45) is 5.41 Å². The highest BCUT2D eigenvalue weighted by molar-refractivity contribution is 7.80. The number of hydrogen-bond acceptors (Lipinski definition) is 3. The fourth-order valence-corrected chi connectivity index (χ4v) is 2.77. The maximum Gasteiger partial charge on any atom is 0.407 e. The lowest BCUT2D eigenvalue weighted by Crippen LogP contribution is -2.51. The molecule has 1 fully saturated rings. The molecule has 1 aliphatic heterocycles. The second kappa shape index (κ2) is 6.41. The Hall–Kier alpha value is -0.660. The molecule has 0 aromatic heterocycles. The molecule has 2 unspecified atom stereocenters. The topological polar surface area (TPSA) is 70.7 Å². The van der Waals surface area contributed by atoms with E-state index in [1.54, 1.807) is 0 Å². The average molecular weight is 305 g/mol. The van der Waals surface area contributed by atoms with Crippen LogP contribution in [-0.4, -0.2) is 45.9 Å². The molecular formula is C13H27N3O3S. The normalized spacial score (nSPS) is 22.6. The number of amides is 1. The third kappa shape index (κ3) is 5.76. The first-order valence-corrected chi connectivity index (χ1v) is 7.99. The molecule has 2 atom stereocenters. The van der Waals surface area contributed by atoms with Crippen molar-refractivity contribution in [2.45, 2.75) is 53.2 Å². The monoisotopic (exact) mass is 305 g/mol. The lowest BCUT2D eigenvalue weighted by atomic mass is 9.86. The quantitative estimate of drug-likeness (QED) is 0.828. The summed E-state index contributed by atoms with van der Waals surface area (Å²) in [4.78, 5) is 11.9. The standard InChI is InChI=1S/C13H27N3O3S/c1-12(2,3)10(9-16-8-7-14-20(16)18)15-11(17)19-13(4,5)6/h10,14H,7-9H2,1-6H3,(H,15,17). The molecule has 7 heteroatoms. The summed E-state index contributed by atoms with van der Waals surface area (Å²) in [6, 6.07) is -0.138. The summed E-state index contributed by atoms with van der Waals surface area (Å²) < 4.78 is 21.7. The van der Waals surface area contributed by atoms with Gasteiger partial charge in [-0.1, -0.05) is 20.8 Å². The second-order valence-corrected chi connectivity index (χ2v) is 8.40. The summed E-state index contributed by atoms with van der Waals surface area (Å²) in [5, 5.41) is 2.90. The van der Waals surface area contributed by atoms with Crippen LogP contribution in [0.1, 0.15) is 41.5 Å². The van der Waals surface area contributed by atoms with Crippen molar-refractivity contribution in [1.29, 1.82) is 0 Å². The molecule has 6 nitrogen and oxygen atoms in total. The molecule has 1 aliphatic rings. The zero-order chi connectivity index (χ0) is 15.6. The van der Waals surface area contributed by atoms with Gasteiger partial charge in [0.1, 0.15) is 5.60 Å². The third-order valence-corrected chi connectivity index (χ3v) is 4.20. The first-order valence-electron chi connectivity index (χ1n) is 6.89. The smallest absolute Gasteiger partial charge is 0.407 e. The summed E-state index contributed by atoms with van der Waals surface area (Å²) in [6.45, 7) is 13.6. The number of nitrogens with one attached hydrogen (secondary N) is 2. The van der Waals surface area contributed by atoms with Crippen LogP contribution in [0.15, 0.2) is 0 Å². The molecule has 0 aromatic carbocycles. The van der Waals surface area contributed by atoms with Crippen molar-refractivity contribution in [3.05, 3.63) is 0 Å². The fourth-order valence-electron chi connectivity index (χ4n) is 1.78. The molecule has 1 heterocycles. The first kappa shape index (κ1) is 17.4. The summed E-state index contributed by atoms with van der Waals surface area (Å²) in [6.07, 6.45) is -0.435. The number of nitrogens with zero attached hydrogens (tertiary/aromatic N) is 1. The van der Waals surface area contributed by atoms with E-state index in [1.165, 1.54) is 0 Å². The Balaban J connectivity index is 2.66. The van der Waals surface area contributed by atoms with Crippen LogP contribution in [0.4, 0.5) is 4.79 Å². The van der Waals surface area contributed by atoms with Gasteiger partial charge in [0.2, 0.25) is 0 Å². The van der Waals surface area contributed by atoms with Gasteiger partial charge in [-0.3, -0.25) is 0 Å². The van der Waals surface area contributed by atoms with Gasteiger partial charge >= 0.3 is 6.09 Å². The number of hydrogen-bond donors (Lipinski definition) is 2. The third-order valence-electron chi connectivity index (χ3n) is 2.94. The maximum atomic E-state index is 11.9. The lowest BCUT2D eigenvalue weighted by Gasteiger charge is -2.34. The highest BCUT2D eigenvalue weighted by Crippen LogP contribution is 2.21. The van der Waals surface area contributed by atoms with Crippen LogP contribution in [0.2, 0.25) is 0 Å². The van der Waals surface area contributed by atoms with Crippen molar-refractivity contribution in [3.8, 4) is 0 Å². The van der Waals surface area contributed by atoms with Crippen molar-refractivity contribution in [2.75, 3.05) is 19.6 Å². The highest BCUT2D eigenvalue weighted by Gasteiger charge is 2.32. The van der Waals surface area contributed by atoms with E-state index >= 15 is 0 Å². The molecule has 0 spiro atoms. The predicted octanol–water partition coefficient (Wildman–Crippen LogP) is 1.41. The Kier molecular flexibility index (Phi) is 5.57. The van der Waals surface area contributed by atoms with Gasteiger partial charge in [-0.2, -0.15) is 0 Å². The van der Waals surface area contributed by atoms with E-state index in [4.69, 9.17) is 4.74 Å². The molecule has 0 bridgehead atoms. The van der Waals surface area contributed by atoms with Crippen LogP contribution in [0.3, 0.4) is 0 Å². The molecule has 2 N–H and O–H groups in total. The number of carbonyl (C=O) groups excluding carboxylic acids is 1. The van der Waals surface area contributed by atoms with Gasteiger partial charge in [0, 0.05) is 19.6 Å². The van der Waals surface area contributed by atoms with Gasteiger partial charge in [-0.25, -0.2) is 18.0 Å². The van der Waals surface area contributed by atoms with Crippen LogP contribution < -0.4 is 10.0 Å². The Labute approximate surface area is 124 Å². The van der Waals surface area contributed by atoms with Gasteiger partial charge < -0.3 is 10.1 Å². The highest BCUT2D eigenvalue weighted by atomic mass is 32.2. The molecule has 0 saturated carbocycles. The number of rotatable bonds is 3. The summed E-state index contributed by atoms with van der Waals surface area (Å²) in [5.74, 6) is 0. The molecule has 1 amide bonds. The van der Waals surface area contributed by atoms with Crippen LogP contribution in [0.5, 0.6) is 0 Å². The fraction of sp³-hybridized carbons (Fsp3) is 0.923. The number of ether oxygens (including phenoxy) is 1. The summed E-state index contributed by atoms with van der Waals surface area (Å²) in [5.41, 5.74) is -0.672. The molecule has 0 aliphatic carbocycles. The van der Waals surface area contributed by atoms with Crippen molar-refractivity contribution < 1.29 is 13.7 Å². The minimum absolute atomic E-state index is 0.138. The van der Waals surface area contributed by atoms with E-state index in [1.807, 2.05) is 45.8 Å². The zero-order valence-electron chi connectivity index (χ0n) is 13.3. The van der Waals surface area contributed by atoms with Gasteiger partial charge in [-0.15, -0.1) is 0 Å². The van der Waals surface area contributed by atoms with Gasteiger partial charge in [-0.05, 0) is 26.2 Å². The maximum absolute atomic E-state index is 11.9. The molecule has 1 saturated heterocycles. The first-order chi connectivity index (χ1) is 8.99. The Morgan fingerprint density at radius 3 is 2.35 bits per heavy atom. The van der Waals surface area contributed by atoms with Crippen molar-refractivity contribution >= 4 is 17.3 Å². The van der Waals surface area contributed by atoms with E-state index in [-0.39, 0.29) is 11.5 Å². The van der Waals surface area contributed by atoms with E-state index < -0.39 is 22.9 Å². The van der Waals surface area contributed by atoms with Gasteiger partial charge in [0.25, 0.3) is 0 Å². The van der Waals surface area contributed by atoms with E-state index in [0.29, 0.717) is 13.1 Å². The van der Waals surface area contributed by atoms with Crippen LogP contribution in [0.25, 0.3) is 0 Å². The van der Waals surface area contributed by atoms with E-state index in [0.717, 1.165) is 6.54 Å². The molecule has 1 rings (SSSR count). The molecule has 20 heavy (non-hydrogen) atoms. The molecule has 118 valence electrons.